The van der Waals surface area contributed by atoms with Gasteiger partial charge in [0.1, 0.15) is 6.04 Å². The first kappa shape index (κ1) is 23.3. The quantitative estimate of drug-likeness (QED) is 0.257. The van der Waals surface area contributed by atoms with Gasteiger partial charge in [-0.3, -0.25) is 14.4 Å². The van der Waals surface area contributed by atoms with E-state index in [2.05, 4.69) is 17.6 Å². The minimum atomic E-state index is -1.17. The van der Waals surface area contributed by atoms with Gasteiger partial charge in [-0.15, -0.1) is 0 Å². The molecule has 1 aromatic rings. The molecular formula is C20H30N2O6. The fourth-order valence-corrected chi connectivity index (χ4v) is 2.72. The molecule has 1 atom stereocenters. The first-order valence-electron chi connectivity index (χ1n) is 9.63. The maximum absolute atomic E-state index is 12.3. The summed E-state index contributed by atoms with van der Waals surface area (Å²) in [4.78, 5) is 35.3. The molecule has 0 bridgehead atoms. The number of phenolic OH excluding ortho intramolecular Hbond substituents is 2. The second-order valence-corrected chi connectivity index (χ2v) is 6.75. The lowest BCUT2D eigenvalue weighted by atomic mass is 10.1. The highest BCUT2D eigenvalue weighted by Crippen LogP contribution is 2.24. The standard InChI is InChI=1S/C20H30N2O6/c1-2-3-4-5-6-7-18(25)22-15(13-19(26)27)20(28)21-11-10-14-8-9-16(23)17(24)12-14/h8-9,12,15,23-24H,2-7,10-11,13H2,1H3,(H,21,28)(H,22,25)(H,26,27)/t15-/m1/s1. The van der Waals surface area contributed by atoms with Gasteiger partial charge >= 0.3 is 5.97 Å². The predicted octanol–water partition coefficient (Wildman–Crippen LogP) is 2.08. The molecule has 2 amide bonds. The molecule has 8 heteroatoms. The van der Waals surface area contributed by atoms with Crippen LogP contribution in [0.1, 0.15) is 57.4 Å². The van der Waals surface area contributed by atoms with Crippen molar-refractivity contribution in [3.63, 3.8) is 0 Å². The highest BCUT2D eigenvalue weighted by atomic mass is 16.4. The number of carboxylic acid groups (broad SMARTS) is 1. The van der Waals surface area contributed by atoms with Crippen molar-refractivity contribution < 1.29 is 29.7 Å². The number of hydrogen-bond acceptors (Lipinski definition) is 5. The van der Waals surface area contributed by atoms with E-state index in [1.54, 1.807) is 6.07 Å². The summed E-state index contributed by atoms with van der Waals surface area (Å²) in [5.41, 5.74) is 0.696. The van der Waals surface area contributed by atoms with Crippen LogP contribution in [-0.4, -0.2) is 45.7 Å². The third kappa shape index (κ3) is 9.25. The lowest BCUT2D eigenvalue weighted by Crippen LogP contribution is -2.48. The molecule has 0 saturated carbocycles. The lowest BCUT2D eigenvalue weighted by molar-refractivity contribution is -0.140. The third-order valence-corrected chi connectivity index (χ3v) is 4.29. The molecule has 0 radical (unpaired) electrons. The molecule has 0 fully saturated rings. The average molecular weight is 394 g/mol. The number of phenols is 2. The van der Waals surface area contributed by atoms with E-state index >= 15 is 0 Å². The van der Waals surface area contributed by atoms with Crippen molar-refractivity contribution in [2.24, 2.45) is 0 Å². The van der Waals surface area contributed by atoms with Crippen molar-refractivity contribution in [1.29, 1.82) is 0 Å². The van der Waals surface area contributed by atoms with Gasteiger partial charge in [0, 0.05) is 13.0 Å². The second-order valence-electron chi connectivity index (χ2n) is 6.75. The van der Waals surface area contributed by atoms with Crippen LogP contribution in [-0.2, 0) is 20.8 Å². The van der Waals surface area contributed by atoms with Crippen molar-refractivity contribution in [2.45, 2.75) is 64.3 Å². The zero-order valence-electron chi connectivity index (χ0n) is 16.2. The summed E-state index contributed by atoms with van der Waals surface area (Å²) in [6.45, 7) is 2.30. The monoisotopic (exact) mass is 394 g/mol. The summed E-state index contributed by atoms with van der Waals surface area (Å²) in [5, 5.41) is 32.8. The smallest absolute Gasteiger partial charge is 0.305 e. The number of carbonyl (C=O) groups is 3. The maximum atomic E-state index is 12.3. The zero-order chi connectivity index (χ0) is 20.9. The first-order valence-corrected chi connectivity index (χ1v) is 9.63. The molecule has 0 aliphatic rings. The van der Waals surface area contributed by atoms with Crippen LogP contribution in [0.4, 0.5) is 0 Å². The summed E-state index contributed by atoms with van der Waals surface area (Å²) in [7, 11) is 0. The van der Waals surface area contributed by atoms with Crippen molar-refractivity contribution in [1.82, 2.24) is 10.6 Å². The van der Waals surface area contributed by atoms with Gasteiger partial charge in [-0.25, -0.2) is 0 Å². The van der Waals surface area contributed by atoms with E-state index < -0.39 is 24.3 Å². The molecule has 0 heterocycles. The number of carboxylic acids is 1. The van der Waals surface area contributed by atoms with Crippen LogP contribution < -0.4 is 10.6 Å². The van der Waals surface area contributed by atoms with Crippen molar-refractivity contribution in [2.75, 3.05) is 6.54 Å². The number of carbonyl (C=O) groups excluding carboxylic acids is 2. The summed E-state index contributed by atoms with van der Waals surface area (Å²) >= 11 is 0. The SMILES string of the molecule is CCCCCCCC(=O)N[C@H](CC(=O)O)C(=O)NCCc1ccc(O)c(O)c1. The van der Waals surface area contributed by atoms with E-state index in [9.17, 15) is 24.6 Å². The minimum Gasteiger partial charge on any atom is -0.504 e. The molecule has 1 aromatic carbocycles. The molecule has 0 aliphatic heterocycles. The van der Waals surface area contributed by atoms with E-state index in [4.69, 9.17) is 5.11 Å². The zero-order valence-corrected chi connectivity index (χ0v) is 16.2. The molecule has 0 spiro atoms. The van der Waals surface area contributed by atoms with Crippen LogP contribution in [0.3, 0.4) is 0 Å². The number of hydrogen-bond donors (Lipinski definition) is 5. The van der Waals surface area contributed by atoms with Crippen LogP contribution in [0.25, 0.3) is 0 Å². The summed E-state index contributed by atoms with van der Waals surface area (Å²) in [6.07, 6.45) is 5.06. The highest BCUT2D eigenvalue weighted by molar-refractivity contribution is 5.90. The molecule has 156 valence electrons. The van der Waals surface area contributed by atoms with Crippen molar-refractivity contribution >= 4 is 17.8 Å². The normalized spacial score (nSPS) is 11.6. The molecule has 8 nitrogen and oxygen atoms in total. The van der Waals surface area contributed by atoms with Crippen LogP contribution in [0.15, 0.2) is 18.2 Å². The summed E-state index contributed by atoms with van der Waals surface area (Å²) in [5.74, 6) is -2.55. The van der Waals surface area contributed by atoms with Crippen LogP contribution >= 0.6 is 0 Å². The fraction of sp³-hybridized carbons (Fsp3) is 0.550. The van der Waals surface area contributed by atoms with Gasteiger partial charge in [0.15, 0.2) is 11.5 Å². The van der Waals surface area contributed by atoms with Gasteiger partial charge in [-0.05, 0) is 30.5 Å². The Morgan fingerprint density at radius 3 is 2.39 bits per heavy atom. The number of amides is 2. The number of unbranched alkanes of at least 4 members (excludes halogenated alkanes) is 4. The van der Waals surface area contributed by atoms with E-state index in [-0.39, 0.29) is 30.4 Å². The first-order chi connectivity index (χ1) is 13.3. The van der Waals surface area contributed by atoms with E-state index in [0.29, 0.717) is 18.4 Å². The third-order valence-electron chi connectivity index (χ3n) is 4.29. The van der Waals surface area contributed by atoms with Crippen LogP contribution in [0.5, 0.6) is 11.5 Å². The Morgan fingerprint density at radius 2 is 1.75 bits per heavy atom. The van der Waals surface area contributed by atoms with Gasteiger partial charge in [-0.2, -0.15) is 0 Å². The van der Waals surface area contributed by atoms with Gasteiger partial charge in [-0.1, -0.05) is 38.7 Å². The maximum Gasteiger partial charge on any atom is 0.305 e. The summed E-state index contributed by atoms with van der Waals surface area (Å²) in [6, 6.07) is 3.21. The average Bonchev–Trinajstić information content (AvgIpc) is 2.63. The Kier molecular flexibility index (Phi) is 10.5. The predicted molar refractivity (Wildman–Crippen MR) is 104 cm³/mol. The van der Waals surface area contributed by atoms with E-state index in [1.807, 2.05) is 0 Å². The Morgan fingerprint density at radius 1 is 1.04 bits per heavy atom. The minimum absolute atomic E-state index is 0.200. The molecule has 0 aliphatic carbocycles. The number of nitrogens with one attached hydrogen (secondary N) is 2. The number of rotatable bonds is 13. The van der Waals surface area contributed by atoms with Crippen molar-refractivity contribution in [3.8, 4) is 11.5 Å². The largest absolute Gasteiger partial charge is 0.504 e. The van der Waals surface area contributed by atoms with Crippen molar-refractivity contribution in [3.05, 3.63) is 23.8 Å². The van der Waals surface area contributed by atoms with Gasteiger partial charge < -0.3 is 26.0 Å². The number of aromatic hydroxyl groups is 2. The van der Waals surface area contributed by atoms with E-state index in [0.717, 1.165) is 25.7 Å². The van der Waals surface area contributed by atoms with Gasteiger partial charge in [0.2, 0.25) is 11.8 Å². The molecule has 0 saturated heterocycles. The lowest BCUT2D eigenvalue weighted by Gasteiger charge is -2.17. The highest BCUT2D eigenvalue weighted by Gasteiger charge is 2.23. The van der Waals surface area contributed by atoms with Crippen LogP contribution in [0, 0.1) is 0 Å². The Hall–Kier alpha value is -2.77. The van der Waals surface area contributed by atoms with Crippen LogP contribution in [0.2, 0.25) is 0 Å². The number of aliphatic carboxylic acids is 1. The summed E-state index contributed by atoms with van der Waals surface area (Å²) < 4.78 is 0. The van der Waals surface area contributed by atoms with Gasteiger partial charge in [0.25, 0.3) is 0 Å². The Balaban J connectivity index is 2.46. The van der Waals surface area contributed by atoms with E-state index in [1.165, 1.54) is 12.1 Å². The topological polar surface area (TPSA) is 136 Å². The molecule has 28 heavy (non-hydrogen) atoms. The molecule has 0 aromatic heterocycles. The molecule has 0 unspecified atom stereocenters. The Labute approximate surface area is 165 Å². The molecular weight excluding hydrogens is 364 g/mol. The number of benzene rings is 1. The molecule has 5 N–H and O–H groups in total. The fourth-order valence-electron chi connectivity index (χ4n) is 2.72. The second kappa shape index (κ2) is 12.6. The van der Waals surface area contributed by atoms with Gasteiger partial charge in [0.05, 0.1) is 6.42 Å². The Bertz CT molecular complexity index is 662. The molecule has 1 rings (SSSR count).